The van der Waals surface area contributed by atoms with E-state index in [1.54, 1.807) is 18.3 Å². The van der Waals surface area contributed by atoms with Gasteiger partial charge in [-0.1, -0.05) is 25.0 Å². The minimum Gasteiger partial charge on any atom is -0.453 e. The molecule has 0 aliphatic heterocycles. The quantitative estimate of drug-likeness (QED) is 0.766. The van der Waals surface area contributed by atoms with Gasteiger partial charge in [0.25, 0.3) is 5.91 Å². The van der Waals surface area contributed by atoms with Gasteiger partial charge in [0.15, 0.2) is 6.10 Å². The molecule has 1 saturated carbocycles. The highest BCUT2D eigenvalue weighted by molar-refractivity contribution is 7.18. The second-order valence-corrected chi connectivity index (χ2v) is 7.67. The number of esters is 1. The molecular formula is C19H24N2O3S. The molecular weight excluding hydrogens is 336 g/mol. The highest BCUT2D eigenvalue weighted by atomic mass is 32.1. The molecule has 3 rings (SSSR count). The Balaban J connectivity index is 1.39. The molecule has 5 nitrogen and oxygen atoms in total. The Kier molecular flexibility index (Phi) is 6.02. The van der Waals surface area contributed by atoms with Crippen molar-refractivity contribution < 1.29 is 14.3 Å². The normalized spacial score (nSPS) is 16.0. The lowest BCUT2D eigenvalue weighted by Gasteiger charge is -2.17. The first-order valence-corrected chi connectivity index (χ1v) is 9.78. The van der Waals surface area contributed by atoms with E-state index >= 15 is 0 Å². The molecule has 0 bridgehead atoms. The summed E-state index contributed by atoms with van der Waals surface area (Å²) in [4.78, 5) is 28.5. The van der Waals surface area contributed by atoms with Gasteiger partial charge in [0.05, 0.1) is 15.2 Å². The Labute approximate surface area is 151 Å². The third-order valence-corrected chi connectivity index (χ3v) is 5.58. The van der Waals surface area contributed by atoms with Crippen LogP contribution in [0.5, 0.6) is 0 Å². The van der Waals surface area contributed by atoms with Crippen LogP contribution in [-0.4, -0.2) is 29.0 Å². The third-order valence-electron chi connectivity index (χ3n) is 4.49. The number of hydrogen-bond acceptors (Lipinski definition) is 5. The number of aromatic nitrogens is 1. The van der Waals surface area contributed by atoms with Crippen LogP contribution >= 0.6 is 11.3 Å². The number of amides is 1. The summed E-state index contributed by atoms with van der Waals surface area (Å²) in [5, 5.41) is 3.99. The minimum atomic E-state index is -0.726. The van der Waals surface area contributed by atoms with Gasteiger partial charge >= 0.3 is 5.97 Å². The first kappa shape index (κ1) is 17.9. The van der Waals surface area contributed by atoms with Gasteiger partial charge in [-0.2, -0.15) is 0 Å². The van der Waals surface area contributed by atoms with E-state index < -0.39 is 6.10 Å². The molecule has 1 amide bonds. The Hall–Kier alpha value is -1.95. The van der Waals surface area contributed by atoms with E-state index in [1.807, 2.05) is 18.2 Å². The number of benzene rings is 1. The molecule has 1 aliphatic rings. The molecule has 0 saturated heterocycles. The predicted octanol–water partition coefficient (Wildman–Crippen LogP) is 3.61. The molecule has 1 heterocycles. The van der Waals surface area contributed by atoms with Crippen LogP contribution in [0.15, 0.2) is 24.3 Å². The lowest BCUT2D eigenvalue weighted by molar-refractivity contribution is -0.155. The molecule has 6 heteroatoms. The van der Waals surface area contributed by atoms with Gasteiger partial charge in [-0.15, -0.1) is 11.3 Å². The highest BCUT2D eigenvalue weighted by Crippen LogP contribution is 2.23. The Bertz CT molecular complexity index is 704. The van der Waals surface area contributed by atoms with E-state index in [0.29, 0.717) is 12.8 Å². The second-order valence-electron chi connectivity index (χ2n) is 6.55. The number of nitrogens with one attached hydrogen (secondary N) is 1. The van der Waals surface area contributed by atoms with Crippen molar-refractivity contribution in [3.05, 3.63) is 29.3 Å². The lowest BCUT2D eigenvalue weighted by Crippen LogP contribution is -2.40. The maximum absolute atomic E-state index is 12.0. The first-order chi connectivity index (χ1) is 12.1. The summed E-state index contributed by atoms with van der Waals surface area (Å²) < 4.78 is 6.42. The summed E-state index contributed by atoms with van der Waals surface area (Å²) in [5.74, 6) is -0.512. The van der Waals surface area contributed by atoms with Gasteiger partial charge in [0.1, 0.15) is 0 Å². The SMILES string of the molecule is CC(OC(=O)CCCc1nc2ccccc2s1)C(=O)NC1CCCC1. The van der Waals surface area contributed by atoms with Crippen LogP contribution in [-0.2, 0) is 20.7 Å². The summed E-state index contributed by atoms with van der Waals surface area (Å²) in [5.41, 5.74) is 1.00. The number of thiazole rings is 1. The molecule has 25 heavy (non-hydrogen) atoms. The topological polar surface area (TPSA) is 68.3 Å². The molecule has 1 aromatic heterocycles. The van der Waals surface area contributed by atoms with Crippen LogP contribution in [0, 0.1) is 0 Å². The largest absolute Gasteiger partial charge is 0.453 e. The molecule has 0 spiro atoms. The lowest BCUT2D eigenvalue weighted by atomic mass is 10.2. The fourth-order valence-electron chi connectivity index (χ4n) is 3.11. The van der Waals surface area contributed by atoms with Crippen molar-refractivity contribution in [1.82, 2.24) is 10.3 Å². The van der Waals surface area contributed by atoms with Crippen molar-refractivity contribution in [2.24, 2.45) is 0 Å². The van der Waals surface area contributed by atoms with Crippen LogP contribution in [0.1, 0.15) is 50.5 Å². The maximum atomic E-state index is 12.0. The highest BCUT2D eigenvalue weighted by Gasteiger charge is 2.22. The zero-order chi connectivity index (χ0) is 17.6. The van der Waals surface area contributed by atoms with Crippen LogP contribution < -0.4 is 5.32 Å². The van der Waals surface area contributed by atoms with E-state index in [-0.39, 0.29) is 17.9 Å². The smallest absolute Gasteiger partial charge is 0.306 e. The Morgan fingerprint density at radius 2 is 2.08 bits per heavy atom. The summed E-state index contributed by atoms with van der Waals surface area (Å²) in [6.07, 6.45) is 5.36. The average molecular weight is 360 g/mol. The number of fused-ring (bicyclic) bond motifs is 1. The summed E-state index contributed by atoms with van der Waals surface area (Å²) >= 11 is 1.66. The molecule has 0 radical (unpaired) electrons. The molecule has 2 aromatic rings. The third kappa shape index (κ3) is 5.01. The number of ether oxygens (including phenoxy) is 1. The standard InChI is InChI=1S/C19H24N2O3S/c1-13(19(23)20-14-7-2-3-8-14)24-18(22)12-6-11-17-21-15-9-4-5-10-16(15)25-17/h4-5,9-10,13-14H,2-3,6-8,11-12H2,1H3,(H,20,23). The van der Waals surface area contributed by atoms with Crippen LogP contribution in [0.4, 0.5) is 0 Å². The Morgan fingerprint density at radius 3 is 2.84 bits per heavy atom. The zero-order valence-corrected chi connectivity index (χ0v) is 15.3. The zero-order valence-electron chi connectivity index (χ0n) is 14.5. The number of carbonyl (C=O) groups excluding carboxylic acids is 2. The number of hydrogen-bond donors (Lipinski definition) is 1. The predicted molar refractivity (Wildman–Crippen MR) is 98.5 cm³/mol. The fraction of sp³-hybridized carbons (Fsp3) is 0.526. The van der Waals surface area contributed by atoms with Crippen molar-refractivity contribution in [1.29, 1.82) is 0 Å². The van der Waals surface area contributed by atoms with E-state index in [2.05, 4.69) is 16.4 Å². The molecule has 1 fully saturated rings. The molecule has 1 unspecified atom stereocenters. The van der Waals surface area contributed by atoms with Crippen LogP contribution in [0.25, 0.3) is 10.2 Å². The van der Waals surface area contributed by atoms with E-state index in [1.165, 1.54) is 0 Å². The number of para-hydroxylation sites is 1. The minimum absolute atomic E-state index is 0.188. The fourth-order valence-corrected chi connectivity index (χ4v) is 4.12. The summed E-state index contributed by atoms with van der Waals surface area (Å²) in [6, 6.07) is 8.26. The summed E-state index contributed by atoms with van der Waals surface area (Å²) in [7, 11) is 0. The monoisotopic (exact) mass is 360 g/mol. The molecule has 1 atom stereocenters. The van der Waals surface area contributed by atoms with Gasteiger partial charge in [-0.25, -0.2) is 4.98 Å². The van der Waals surface area contributed by atoms with E-state index in [0.717, 1.165) is 47.3 Å². The van der Waals surface area contributed by atoms with E-state index in [9.17, 15) is 9.59 Å². The van der Waals surface area contributed by atoms with Gasteiger partial charge in [0.2, 0.25) is 0 Å². The maximum Gasteiger partial charge on any atom is 0.306 e. The molecule has 134 valence electrons. The van der Waals surface area contributed by atoms with Crippen molar-refractivity contribution in [2.75, 3.05) is 0 Å². The average Bonchev–Trinajstić information content (AvgIpc) is 3.23. The molecule has 1 aromatic carbocycles. The van der Waals surface area contributed by atoms with Crippen molar-refractivity contribution >= 4 is 33.4 Å². The van der Waals surface area contributed by atoms with Crippen molar-refractivity contribution in [3.8, 4) is 0 Å². The van der Waals surface area contributed by atoms with Crippen molar-refractivity contribution in [2.45, 2.75) is 64.0 Å². The molecule has 1 N–H and O–H groups in total. The van der Waals surface area contributed by atoms with Gasteiger partial charge in [-0.05, 0) is 44.7 Å². The summed E-state index contributed by atoms with van der Waals surface area (Å²) in [6.45, 7) is 1.63. The number of nitrogens with zero attached hydrogens (tertiary/aromatic N) is 1. The number of carbonyl (C=O) groups is 2. The first-order valence-electron chi connectivity index (χ1n) is 8.96. The molecule has 1 aliphatic carbocycles. The van der Waals surface area contributed by atoms with Gasteiger partial charge in [0, 0.05) is 12.5 Å². The van der Waals surface area contributed by atoms with Gasteiger partial charge < -0.3 is 10.1 Å². The second kappa shape index (κ2) is 8.43. The van der Waals surface area contributed by atoms with Crippen LogP contribution in [0.3, 0.4) is 0 Å². The Morgan fingerprint density at radius 1 is 1.32 bits per heavy atom. The van der Waals surface area contributed by atoms with Crippen LogP contribution in [0.2, 0.25) is 0 Å². The van der Waals surface area contributed by atoms with E-state index in [4.69, 9.17) is 4.74 Å². The van der Waals surface area contributed by atoms with Crippen molar-refractivity contribution in [3.63, 3.8) is 0 Å². The van der Waals surface area contributed by atoms with Gasteiger partial charge in [-0.3, -0.25) is 9.59 Å². The number of rotatable bonds is 7. The number of aryl methyl sites for hydroxylation is 1.